The van der Waals surface area contributed by atoms with Gasteiger partial charge in [0.25, 0.3) is 5.56 Å². The first-order valence-corrected chi connectivity index (χ1v) is 12.7. The molecular weight excluding hydrogens is 446 g/mol. The third kappa shape index (κ3) is 4.94. The first-order chi connectivity index (χ1) is 15.6. The molecule has 0 bridgehead atoms. The number of nitrogens with zero attached hydrogens (tertiary/aromatic N) is 1. The predicted molar refractivity (Wildman–Crippen MR) is 129 cm³/mol. The minimum absolute atomic E-state index is 0.0324. The molecule has 170 valence electrons. The highest BCUT2D eigenvalue weighted by Gasteiger charge is 2.19. The summed E-state index contributed by atoms with van der Waals surface area (Å²) in [5.74, 6) is 3.12. The molecule has 2 heterocycles. The number of hydrogen-bond donors (Lipinski definition) is 2. The number of thiophene rings is 1. The molecule has 9 heteroatoms. The van der Waals surface area contributed by atoms with E-state index in [0.717, 1.165) is 35.0 Å². The van der Waals surface area contributed by atoms with Crippen LogP contribution in [0.25, 0.3) is 10.2 Å². The van der Waals surface area contributed by atoms with Crippen molar-refractivity contribution >= 4 is 39.2 Å². The van der Waals surface area contributed by atoms with E-state index in [9.17, 15) is 9.59 Å². The molecule has 1 aliphatic carbocycles. The van der Waals surface area contributed by atoms with Crippen molar-refractivity contribution in [3.05, 3.63) is 50.4 Å². The molecule has 1 amide bonds. The zero-order chi connectivity index (χ0) is 22.5. The Hall–Kier alpha value is -2.52. The lowest BCUT2D eigenvalue weighted by Crippen LogP contribution is -2.23. The Bertz CT molecular complexity index is 1170. The number of carbonyl (C=O) groups excluding carboxylic acids is 1. The number of aryl methyl sites for hydroxylation is 2. The fraction of sp³-hybridized carbons (Fsp3) is 0.435. The van der Waals surface area contributed by atoms with Crippen LogP contribution >= 0.6 is 23.1 Å². The van der Waals surface area contributed by atoms with E-state index >= 15 is 0 Å². The molecule has 4 rings (SSSR count). The number of carbonyl (C=O) groups is 1. The van der Waals surface area contributed by atoms with Crippen molar-refractivity contribution < 1.29 is 14.3 Å². The topological polar surface area (TPSA) is 93.3 Å². The molecule has 0 saturated carbocycles. The molecule has 1 aliphatic rings. The number of thioether (sulfide) groups is 1. The van der Waals surface area contributed by atoms with Crippen molar-refractivity contribution in [1.29, 1.82) is 0 Å². The van der Waals surface area contributed by atoms with Gasteiger partial charge in [-0.3, -0.25) is 9.59 Å². The Morgan fingerprint density at radius 3 is 2.91 bits per heavy atom. The van der Waals surface area contributed by atoms with Crippen LogP contribution in [0.5, 0.6) is 11.5 Å². The van der Waals surface area contributed by atoms with Gasteiger partial charge in [-0.05, 0) is 37.3 Å². The molecule has 0 aliphatic heterocycles. The second kappa shape index (κ2) is 10.4. The zero-order valence-electron chi connectivity index (χ0n) is 18.3. The van der Waals surface area contributed by atoms with E-state index in [2.05, 4.69) is 15.3 Å². The van der Waals surface area contributed by atoms with E-state index in [1.807, 2.05) is 18.2 Å². The Morgan fingerprint density at radius 2 is 2.09 bits per heavy atom. The average molecular weight is 474 g/mol. The maximum Gasteiger partial charge on any atom is 0.259 e. The van der Waals surface area contributed by atoms with E-state index in [0.29, 0.717) is 41.8 Å². The predicted octanol–water partition coefficient (Wildman–Crippen LogP) is 3.82. The summed E-state index contributed by atoms with van der Waals surface area (Å²) in [7, 11) is 3.17. The SMILES string of the molecule is COc1cccc(CNC(=O)CCSCc2nc3sc4c(c3c(=O)[nH]2)CCCC4)c1OC. The summed E-state index contributed by atoms with van der Waals surface area (Å²) < 4.78 is 10.7. The summed E-state index contributed by atoms with van der Waals surface area (Å²) in [5, 5.41) is 3.71. The van der Waals surface area contributed by atoms with Gasteiger partial charge in [0.2, 0.25) is 5.91 Å². The highest BCUT2D eigenvalue weighted by Crippen LogP contribution is 2.33. The number of ether oxygens (including phenoxy) is 2. The average Bonchev–Trinajstić information content (AvgIpc) is 3.19. The Balaban J connectivity index is 1.28. The molecule has 0 fully saturated rings. The van der Waals surface area contributed by atoms with Crippen molar-refractivity contribution in [2.75, 3.05) is 20.0 Å². The van der Waals surface area contributed by atoms with Crippen LogP contribution in [0.2, 0.25) is 0 Å². The number of aromatic nitrogens is 2. The highest BCUT2D eigenvalue weighted by atomic mass is 32.2. The van der Waals surface area contributed by atoms with Crippen molar-refractivity contribution in [1.82, 2.24) is 15.3 Å². The van der Waals surface area contributed by atoms with Crippen LogP contribution < -0.4 is 20.3 Å². The smallest absolute Gasteiger partial charge is 0.259 e. The number of nitrogens with one attached hydrogen (secondary N) is 2. The number of hydrogen-bond acceptors (Lipinski definition) is 7. The van der Waals surface area contributed by atoms with Crippen LogP contribution in [-0.2, 0) is 29.9 Å². The molecule has 3 aromatic rings. The molecule has 0 saturated heterocycles. The molecule has 1 aromatic carbocycles. The van der Waals surface area contributed by atoms with Gasteiger partial charge in [-0.2, -0.15) is 11.8 Å². The monoisotopic (exact) mass is 473 g/mol. The lowest BCUT2D eigenvalue weighted by molar-refractivity contribution is -0.120. The number of fused-ring (bicyclic) bond motifs is 3. The third-order valence-electron chi connectivity index (χ3n) is 5.55. The number of rotatable bonds is 9. The van der Waals surface area contributed by atoms with E-state index < -0.39 is 0 Å². The van der Waals surface area contributed by atoms with Crippen molar-refractivity contribution in [3.8, 4) is 11.5 Å². The fourth-order valence-corrected chi connectivity index (χ4v) is 6.07. The number of amides is 1. The van der Waals surface area contributed by atoms with Gasteiger partial charge in [0.05, 0.1) is 25.4 Å². The van der Waals surface area contributed by atoms with Gasteiger partial charge < -0.3 is 19.8 Å². The third-order valence-corrected chi connectivity index (χ3v) is 7.70. The maximum atomic E-state index is 12.6. The minimum Gasteiger partial charge on any atom is -0.493 e. The first kappa shape index (κ1) is 22.7. The van der Waals surface area contributed by atoms with E-state index in [-0.39, 0.29) is 11.5 Å². The molecular formula is C23H27N3O4S2. The second-order valence-electron chi connectivity index (χ2n) is 7.64. The van der Waals surface area contributed by atoms with E-state index in [4.69, 9.17) is 9.47 Å². The Labute approximate surface area is 194 Å². The molecule has 0 atom stereocenters. The molecule has 2 N–H and O–H groups in total. The first-order valence-electron chi connectivity index (χ1n) is 10.7. The van der Waals surface area contributed by atoms with Gasteiger partial charge in [0.15, 0.2) is 11.5 Å². The lowest BCUT2D eigenvalue weighted by atomic mass is 9.97. The minimum atomic E-state index is -0.0368. The van der Waals surface area contributed by atoms with Crippen LogP contribution in [0.4, 0.5) is 0 Å². The molecule has 0 unspecified atom stereocenters. The molecule has 32 heavy (non-hydrogen) atoms. The number of para-hydroxylation sites is 1. The fourth-order valence-electron chi connectivity index (χ4n) is 3.99. The molecule has 7 nitrogen and oxygen atoms in total. The van der Waals surface area contributed by atoms with Crippen LogP contribution in [0.1, 0.15) is 41.1 Å². The van der Waals surface area contributed by atoms with Gasteiger partial charge in [0.1, 0.15) is 10.7 Å². The summed E-state index contributed by atoms with van der Waals surface area (Å²) in [6.45, 7) is 0.373. The van der Waals surface area contributed by atoms with Crippen molar-refractivity contribution in [2.24, 2.45) is 0 Å². The number of methoxy groups -OCH3 is 2. The molecule has 0 radical (unpaired) electrons. The summed E-state index contributed by atoms with van der Waals surface area (Å²) in [5.41, 5.74) is 2.03. The summed E-state index contributed by atoms with van der Waals surface area (Å²) >= 11 is 3.25. The van der Waals surface area contributed by atoms with E-state index in [1.54, 1.807) is 37.3 Å². The van der Waals surface area contributed by atoms with Crippen LogP contribution in [-0.4, -0.2) is 35.8 Å². The lowest BCUT2D eigenvalue weighted by Gasteiger charge is -2.13. The largest absolute Gasteiger partial charge is 0.493 e. The standard InChI is InChI=1S/C23H27N3O4S2/c1-29-16-8-5-6-14(21(16)30-2)12-24-19(27)10-11-31-13-18-25-22(28)20-15-7-3-4-9-17(15)32-23(20)26-18/h5-6,8H,3-4,7,9-13H2,1-2H3,(H,24,27)(H,25,26,28). The second-order valence-corrected chi connectivity index (χ2v) is 9.82. The van der Waals surface area contributed by atoms with Crippen LogP contribution in [0.3, 0.4) is 0 Å². The number of H-pyrrole nitrogens is 1. The molecule has 2 aromatic heterocycles. The zero-order valence-corrected chi connectivity index (χ0v) is 19.9. The number of aromatic amines is 1. The van der Waals surface area contributed by atoms with E-state index in [1.165, 1.54) is 16.9 Å². The van der Waals surface area contributed by atoms with Gasteiger partial charge in [0, 0.05) is 29.2 Å². The van der Waals surface area contributed by atoms with Gasteiger partial charge in [-0.1, -0.05) is 12.1 Å². The Kier molecular flexibility index (Phi) is 7.36. The summed E-state index contributed by atoms with van der Waals surface area (Å²) in [4.78, 5) is 34.7. The van der Waals surface area contributed by atoms with Gasteiger partial charge in [-0.15, -0.1) is 11.3 Å². The van der Waals surface area contributed by atoms with Crippen molar-refractivity contribution in [2.45, 2.75) is 44.4 Å². The van der Waals surface area contributed by atoms with Crippen LogP contribution in [0.15, 0.2) is 23.0 Å². The molecule has 0 spiro atoms. The quantitative estimate of drug-likeness (QED) is 0.459. The highest BCUT2D eigenvalue weighted by molar-refractivity contribution is 7.98. The summed E-state index contributed by atoms with van der Waals surface area (Å²) in [6.07, 6.45) is 4.74. The summed E-state index contributed by atoms with van der Waals surface area (Å²) in [6, 6.07) is 5.59. The number of benzene rings is 1. The van der Waals surface area contributed by atoms with Gasteiger partial charge >= 0.3 is 0 Å². The van der Waals surface area contributed by atoms with Crippen molar-refractivity contribution in [3.63, 3.8) is 0 Å². The Morgan fingerprint density at radius 1 is 1.25 bits per heavy atom. The van der Waals surface area contributed by atoms with Gasteiger partial charge in [-0.25, -0.2) is 4.98 Å². The maximum absolute atomic E-state index is 12.6. The van der Waals surface area contributed by atoms with Crippen LogP contribution in [0, 0.1) is 0 Å². The normalized spacial score (nSPS) is 13.1.